The zero-order chi connectivity index (χ0) is 16.1. The Morgan fingerprint density at radius 3 is 2.86 bits per heavy atom. The first-order valence-corrected chi connectivity index (χ1v) is 7.20. The second-order valence-electron chi connectivity index (χ2n) is 5.49. The maximum atomic E-state index is 11.9. The first kappa shape index (κ1) is 16.0. The van der Waals surface area contributed by atoms with E-state index in [1.165, 1.54) is 4.90 Å². The molecule has 1 aromatic carbocycles. The Balaban J connectivity index is 1.98. The number of aromatic nitrogens is 2. The molecular weight excluding hydrogens is 280 g/mol. The Morgan fingerprint density at radius 2 is 2.23 bits per heavy atom. The van der Waals surface area contributed by atoms with Crippen molar-refractivity contribution in [2.75, 3.05) is 13.6 Å². The number of nitrogens with one attached hydrogen (secondary N) is 1. The van der Waals surface area contributed by atoms with Crippen LogP contribution in [0.15, 0.2) is 36.7 Å². The summed E-state index contributed by atoms with van der Waals surface area (Å²) in [5, 5.41) is 16.3. The average molecular weight is 302 g/mol. The van der Waals surface area contributed by atoms with Crippen LogP contribution in [0.3, 0.4) is 0 Å². The molecule has 1 atom stereocenters. The number of hydrogen-bond donors (Lipinski definition) is 2. The van der Waals surface area contributed by atoms with Crippen LogP contribution in [0.5, 0.6) is 0 Å². The van der Waals surface area contributed by atoms with Gasteiger partial charge < -0.3 is 15.3 Å². The summed E-state index contributed by atoms with van der Waals surface area (Å²) in [6, 6.07) is 7.78. The summed E-state index contributed by atoms with van der Waals surface area (Å²) >= 11 is 0. The van der Waals surface area contributed by atoms with Crippen molar-refractivity contribution in [2.45, 2.75) is 19.6 Å². The lowest BCUT2D eigenvalue weighted by Gasteiger charge is -2.19. The molecule has 0 aliphatic rings. The van der Waals surface area contributed by atoms with Gasteiger partial charge in [0, 0.05) is 38.9 Å². The molecule has 0 fully saturated rings. The fourth-order valence-corrected chi connectivity index (χ4v) is 2.22. The Kier molecular flexibility index (Phi) is 5.16. The molecule has 2 amide bonds. The third-order valence-corrected chi connectivity index (χ3v) is 3.29. The number of benzene rings is 1. The normalized spacial score (nSPS) is 12.0. The number of likely N-dealkylation sites (N-methyl/N-ethyl adjacent to an activating group) is 1. The molecule has 6 nitrogen and oxygen atoms in total. The number of carbonyl (C=O) groups excluding carboxylic acids is 1. The summed E-state index contributed by atoms with van der Waals surface area (Å²) in [5.41, 5.74) is 3.12. The molecule has 0 aliphatic carbocycles. The van der Waals surface area contributed by atoms with E-state index in [9.17, 15) is 9.90 Å². The number of aryl methyl sites for hydroxylation is 1. The quantitative estimate of drug-likeness (QED) is 0.881. The predicted octanol–water partition coefficient (Wildman–Crippen LogP) is 1.61. The minimum Gasteiger partial charge on any atom is -0.392 e. The van der Waals surface area contributed by atoms with Gasteiger partial charge in [-0.15, -0.1) is 0 Å². The fraction of sp³-hybridized carbons (Fsp3) is 0.375. The molecule has 1 heterocycles. The lowest BCUT2D eigenvalue weighted by Crippen LogP contribution is -2.40. The second-order valence-corrected chi connectivity index (χ2v) is 5.49. The maximum absolute atomic E-state index is 11.9. The van der Waals surface area contributed by atoms with E-state index in [1.54, 1.807) is 18.7 Å². The first-order valence-electron chi connectivity index (χ1n) is 7.20. The van der Waals surface area contributed by atoms with Crippen LogP contribution in [0.25, 0.3) is 11.1 Å². The van der Waals surface area contributed by atoms with Crippen LogP contribution in [0, 0.1) is 0 Å². The summed E-state index contributed by atoms with van der Waals surface area (Å²) in [7, 11) is 3.54. The molecule has 0 radical (unpaired) electrons. The number of aliphatic hydroxyl groups is 1. The number of aliphatic hydroxyl groups excluding tert-OH is 1. The van der Waals surface area contributed by atoms with Crippen LogP contribution in [-0.2, 0) is 13.6 Å². The topological polar surface area (TPSA) is 70.4 Å². The summed E-state index contributed by atoms with van der Waals surface area (Å²) in [6.45, 7) is 2.40. The van der Waals surface area contributed by atoms with Gasteiger partial charge in [0.05, 0.1) is 12.3 Å². The molecule has 118 valence electrons. The minimum atomic E-state index is -0.537. The Morgan fingerprint density at radius 1 is 1.45 bits per heavy atom. The highest BCUT2D eigenvalue weighted by molar-refractivity contribution is 5.74. The number of hydrogen-bond acceptors (Lipinski definition) is 3. The standard InChI is InChI=1S/C16H22N4O2/c1-12(21)10-19(2)16(22)17-8-13-5-4-6-14(7-13)15-9-18-20(3)11-15/h4-7,9,11-12,21H,8,10H2,1-3H3,(H,17,22). The van der Waals surface area contributed by atoms with Gasteiger partial charge in [0.15, 0.2) is 0 Å². The van der Waals surface area contributed by atoms with Crippen LogP contribution >= 0.6 is 0 Å². The number of rotatable bonds is 5. The SMILES string of the molecule is CC(O)CN(C)C(=O)NCc1cccc(-c2cnn(C)c2)c1. The lowest BCUT2D eigenvalue weighted by molar-refractivity contribution is 0.143. The third kappa shape index (κ3) is 4.33. The predicted molar refractivity (Wildman–Crippen MR) is 85.2 cm³/mol. The Bertz CT molecular complexity index is 637. The number of amides is 2. The van der Waals surface area contributed by atoms with Crippen molar-refractivity contribution in [2.24, 2.45) is 7.05 Å². The monoisotopic (exact) mass is 302 g/mol. The zero-order valence-electron chi connectivity index (χ0n) is 13.2. The largest absolute Gasteiger partial charge is 0.392 e. The van der Waals surface area contributed by atoms with Crippen molar-refractivity contribution in [1.82, 2.24) is 20.0 Å². The van der Waals surface area contributed by atoms with Crippen molar-refractivity contribution in [3.63, 3.8) is 0 Å². The molecule has 22 heavy (non-hydrogen) atoms. The molecule has 2 aromatic rings. The van der Waals surface area contributed by atoms with Crippen LogP contribution < -0.4 is 5.32 Å². The first-order chi connectivity index (χ1) is 10.5. The van der Waals surface area contributed by atoms with Crippen molar-refractivity contribution in [1.29, 1.82) is 0 Å². The molecule has 2 N–H and O–H groups in total. The van der Waals surface area contributed by atoms with Gasteiger partial charge in [0.1, 0.15) is 0 Å². The smallest absolute Gasteiger partial charge is 0.317 e. The van der Waals surface area contributed by atoms with Gasteiger partial charge in [-0.1, -0.05) is 18.2 Å². The molecule has 6 heteroatoms. The average Bonchev–Trinajstić information content (AvgIpc) is 2.91. The van der Waals surface area contributed by atoms with Gasteiger partial charge >= 0.3 is 6.03 Å². The molecule has 0 saturated heterocycles. The van der Waals surface area contributed by atoms with E-state index in [4.69, 9.17) is 0 Å². The highest BCUT2D eigenvalue weighted by Crippen LogP contribution is 2.19. The summed E-state index contributed by atoms with van der Waals surface area (Å²) < 4.78 is 1.76. The van der Waals surface area contributed by atoms with Crippen LogP contribution in [-0.4, -0.2) is 45.5 Å². The van der Waals surface area contributed by atoms with Crippen molar-refractivity contribution < 1.29 is 9.90 Å². The highest BCUT2D eigenvalue weighted by atomic mass is 16.3. The van der Waals surface area contributed by atoms with E-state index < -0.39 is 6.10 Å². The van der Waals surface area contributed by atoms with Gasteiger partial charge in [0.25, 0.3) is 0 Å². The van der Waals surface area contributed by atoms with Gasteiger partial charge in [-0.05, 0) is 24.1 Å². The van der Waals surface area contributed by atoms with Gasteiger partial charge in [-0.3, -0.25) is 4.68 Å². The molecule has 1 unspecified atom stereocenters. The van der Waals surface area contributed by atoms with Crippen LogP contribution in [0.1, 0.15) is 12.5 Å². The van der Waals surface area contributed by atoms with Crippen LogP contribution in [0.2, 0.25) is 0 Å². The Hall–Kier alpha value is -2.34. The van der Waals surface area contributed by atoms with E-state index in [-0.39, 0.29) is 6.03 Å². The van der Waals surface area contributed by atoms with E-state index in [0.717, 1.165) is 16.7 Å². The van der Waals surface area contributed by atoms with Gasteiger partial charge in [-0.25, -0.2) is 4.79 Å². The van der Waals surface area contributed by atoms with E-state index in [2.05, 4.69) is 10.4 Å². The summed E-state index contributed by atoms with van der Waals surface area (Å²) in [6.07, 6.45) is 3.23. The minimum absolute atomic E-state index is 0.201. The van der Waals surface area contributed by atoms with Gasteiger partial charge in [-0.2, -0.15) is 5.10 Å². The molecule has 1 aromatic heterocycles. The fourth-order valence-electron chi connectivity index (χ4n) is 2.22. The van der Waals surface area contributed by atoms with E-state index in [0.29, 0.717) is 13.1 Å². The molecule has 2 rings (SSSR count). The number of urea groups is 1. The van der Waals surface area contributed by atoms with Crippen molar-refractivity contribution in [3.8, 4) is 11.1 Å². The van der Waals surface area contributed by atoms with Crippen molar-refractivity contribution in [3.05, 3.63) is 42.2 Å². The van der Waals surface area contributed by atoms with E-state index in [1.807, 2.05) is 43.7 Å². The molecule has 0 spiro atoms. The zero-order valence-corrected chi connectivity index (χ0v) is 13.2. The molecule has 0 aliphatic heterocycles. The van der Waals surface area contributed by atoms with Crippen molar-refractivity contribution >= 4 is 6.03 Å². The lowest BCUT2D eigenvalue weighted by atomic mass is 10.1. The molecular formula is C16H22N4O2. The van der Waals surface area contributed by atoms with Gasteiger partial charge in [0.2, 0.25) is 0 Å². The maximum Gasteiger partial charge on any atom is 0.317 e. The Labute approximate surface area is 130 Å². The third-order valence-electron chi connectivity index (χ3n) is 3.29. The van der Waals surface area contributed by atoms with Crippen LogP contribution in [0.4, 0.5) is 4.79 Å². The van der Waals surface area contributed by atoms with E-state index >= 15 is 0 Å². The number of carbonyl (C=O) groups is 1. The summed E-state index contributed by atoms with van der Waals surface area (Å²) in [4.78, 5) is 13.4. The number of nitrogens with zero attached hydrogens (tertiary/aromatic N) is 3. The second kappa shape index (κ2) is 7.09. The summed E-state index contributed by atoms with van der Waals surface area (Å²) in [5.74, 6) is 0. The molecule has 0 bridgehead atoms. The molecule has 0 saturated carbocycles. The highest BCUT2D eigenvalue weighted by Gasteiger charge is 2.10.